The predicted molar refractivity (Wildman–Crippen MR) is 60.9 cm³/mol. The average Bonchev–Trinajstić information content (AvgIpc) is 2.71. The molecule has 3 atom stereocenters. The first kappa shape index (κ1) is 13.0. The predicted octanol–water partition coefficient (Wildman–Crippen LogP) is 3.30. The number of nitrogens with one attached hydrogen (secondary N) is 1. The molecular formula is C12H27N. The molecule has 0 aromatic carbocycles. The molecule has 1 aliphatic carbocycles. The summed E-state index contributed by atoms with van der Waals surface area (Å²) in [6.07, 6.45) is 2.97. The molecule has 2 rings (SSSR count). The molecule has 0 aromatic rings. The minimum absolute atomic E-state index is 1.02. The SMILES string of the molecule is CC.CC.CC1CC2CNC[C@H]2C1. The summed E-state index contributed by atoms with van der Waals surface area (Å²) in [5.74, 6) is 3.10. The smallest absolute Gasteiger partial charge is 0.00172 e. The Hall–Kier alpha value is -0.0400. The lowest BCUT2D eigenvalue weighted by molar-refractivity contribution is 0.494. The van der Waals surface area contributed by atoms with Crippen molar-refractivity contribution in [1.29, 1.82) is 0 Å². The molecule has 0 radical (unpaired) electrons. The maximum atomic E-state index is 3.44. The fourth-order valence-electron chi connectivity index (χ4n) is 2.47. The zero-order valence-corrected chi connectivity index (χ0v) is 10.1. The van der Waals surface area contributed by atoms with E-state index in [9.17, 15) is 0 Å². The third-order valence-electron chi connectivity index (χ3n) is 2.89. The highest BCUT2D eigenvalue weighted by molar-refractivity contribution is 4.88. The molecule has 0 amide bonds. The lowest BCUT2D eigenvalue weighted by Gasteiger charge is -2.02. The highest BCUT2D eigenvalue weighted by atomic mass is 14.9. The molecule has 1 saturated heterocycles. The molecule has 1 saturated carbocycles. The van der Waals surface area contributed by atoms with Crippen molar-refractivity contribution in [3.63, 3.8) is 0 Å². The van der Waals surface area contributed by atoms with Crippen LogP contribution in [-0.2, 0) is 0 Å². The Morgan fingerprint density at radius 1 is 0.846 bits per heavy atom. The molecule has 2 aliphatic rings. The van der Waals surface area contributed by atoms with Gasteiger partial charge in [0.25, 0.3) is 0 Å². The van der Waals surface area contributed by atoms with E-state index in [4.69, 9.17) is 0 Å². The van der Waals surface area contributed by atoms with Crippen LogP contribution >= 0.6 is 0 Å². The fourth-order valence-corrected chi connectivity index (χ4v) is 2.47. The van der Waals surface area contributed by atoms with Crippen molar-refractivity contribution < 1.29 is 0 Å². The van der Waals surface area contributed by atoms with Gasteiger partial charge in [0.15, 0.2) is 0 Å². The van der Waals surface area contributed by atoms with Crippen molar-refractivity contribution in [2.24, 2.45) is 17.8 Å². The first-order valence-electron chi connectivity index (χ1n) is 6.07. The molecule has 13 heavy (non-hydrogen) atoms. The quantitative estimate of drug-likeness (QED) is 0.610. The van der Waals surface area contributed by atoms with Gasteiger partial charge < -0.3 is 5.32 Å². The second kappa shape index (κ2) is 7.37. The molecule has 1 N–H and O–H groups in total. The molecular weight excluding hydrogens is 158 g/mol. The van der Waals surface area contributed by atoms with E-state index >= 15 is 0 Å². The second-order valence-electron chi connectivity index (χ2n) is 3.75. The van der Waals surface area contributed by atoms with Gasteiger partial charge in [-0.15, -0.1) is 0 Å². The van der Waals surface area contributed by atoms with E-state index in [-0.39, 0.29) is 0 Å². The van der Waals surface area contributed by atoms with E-state index in [2.05, 4.69) is 12.2 Å². The van der Waals surface area contributed by atoms with Crippen molar-refractivity contribution in [1.82, 2.24) is 5.32 Å². The molecule has 0 aromatic heterocycles. The van der Waals surface area contributed by atoms with Gasteiger partial charge >= 0.3 is 0 Å². The van der Waals surface area contributed by atoms with Gasteiger partial charge in [0.1, 0.15) is 0 Å². The van der Waals surface area contributed by atoms with E-state index in [1.165, 1.54) is 25.9 Å². The Labute approximate surface area is 84.3 Å². The lowest BCUT2D eigenvalue weighted by Crippen LogP contribution is -2.10. The normalized spacial score (nSPS) is 35.3. The van der Waals surface area contributed by atoms with Crippen LogP contribution in [0.2, 0.25) is 0 Å². The van der Waals surface area contributed by atoms with E-state index in [1.54, 1.807) is 0 Å². The summed E-state index contributed by atoms with van der Waals surface area (Å²) < 4.78 is 0. The first-order chi connectivity index (χ1) is 6.36. The minimum Gasteiger partial charge on any atom is -0.316 e. The second-order valence-corrected chi connectivity index (χ2v) is 3.75. The number of hydrogen-bond donors (Lipinski definition) is 1. The van der Waals surface area contributed by atoms with Crippen molar-refractivity contribution in [2.45, 2.75) is 47.5 Å². The first-order valence-corrected chi connectivity index (χ1v) is 6.07. The molecule has 1 heterocycles. The van der Waals surface area contributed by atoms with Crippen LogP contribution in [0.25, 0.3) is 0 Å². The summed E-state index contributed by atoms with van der Waals surface area (Å²) in [5.41, 5.74) is 0. The molecule has 1 aliphatic heterocycles. The van der Waals surface area contributed by atoms with Crippen LogP contribution in [0.15, 0.2) is 0 Å². The van der Waals surface area contributed by atoms with Crippen molar-refractivity contribution in [2.75, 3.05) is 13.1 Å². The van der Waals surface area contributed by atoms with E-state index in [0.717, 1.165) is 17.8 Å². The van der Waals surface area contributed by atoms with Gasteiger partial charge in [-0.3, -0.25) is 0 Å². The minimum atomic E-state index is 1.02. The molecule has 80 valence electrons. The molecule has 1 nitrogen and oxygen atoms in total. The third kappa shape index (κ3) is 3.68. The summed E-state index contributed by atoms with van der Waals surface area (Å²) in [6.45, 7) is 13.0. The lowest BCUT2D eigenvalue weighted by atomic mass is 10.0. The fraction of sp³-hybridized carbons (Fsp3) is 1.00. The van der Waals surface area contributed by atoms with Gasteiger partial charge in [-0.25, -0.2) is 0 Å². The Morgan fingerprint density at radius 3 is 1.62 bits per heavy atom. The van der Waals surface area contributed by atoms with Gasteiger partial charge in [0, 0.05) is 0 Å². The molecule has 1 heteroatoms. The van der Waals surface area contributed by atoms with Crippen LogP contribution < -0.4 is 5.32 Å². The van der Waals surface area contributed by atoms with E-state index < -0.39 is 0 Å². The van der Waals surface area contributed by atoms with Gasteiger partial charge in [0.05, 0.1) is 0 Å². The molecule has 0 bridgehead atoms. The topological polar surface area (TPSA) is 12.0 Å². The van der Waals surface area contributed by atoms with Crippen molar-refractivity contribution in [3.05, 3.63) is 0 Å². The Balaban J connectivity index is 0.000000322. The number of rotatable bonds is 0. The van der Waals surface area contributed by atoms with Gasteiger partial charge in [-0.1, -0.05) is 34.6 Å². The van der Waals surface area contributed by atoms with Crippen molar-refractivity contribution in [3.8, 4) is 0 Å². The Kier molecular flexibility index (Phi) is 7.35. The Morgan fingerprint density at radius 2 is 1.23 bits per heavy atom. The van der Waals surface area contributed by atoms with Crippen LogP contribution in [0.1, 0.15) is 47.5 Å². The zero-order chi connectivity index (χ0) is 10.3. The summed E-state index contributed by atoms with van der Waals surface area (Å²) in [4.78, 5) is 0. The summed E-state index contributed by atoms with van der Waals surface area (Å²) in [5, 5.41) is 3.44. The third-order valence-corrected chi connectivity index (χ3v) is 2.89. The molecule has 2 fully saturated rings. The highest BCUT2D eigenvalue weighted by Gasteiger charge is 2.34. The number of hydrogen-bond acceptors (Lipinski definition) is 1. The summed E-state index contributed by atoms with van der Waals surface area (Å²) >= 11 is 0. The highest BCUT2D eigenvalue weighted by Crippen LogP contribution is 2.37. The van der Waals surface area contributed by atoms with Crippen LogP contribution in [0.3, 0.4) is 0 Å². The maximum Gasteiger partial charge on any atom is -0.00172 e. The van der Waals surface area contributed by atoms with Crippen LogP contribution in [-0.4, -0.2) is 13.1 Å². The maximum absolute atomic E-state index is 3.44. The van der Waals surface area contributed by atoms with Crippen LogP contribution in [0, 0.1) is 17.8 Å². The van der Waals surface area contributed by atoms with Gasteiger partial charge in [-0.05, 0) is 43.7 Å². The van der Waals surface area contributed by atoms with Crippen LogP contribution in [0.4, 0.5) is 0 Å². The van der Waals surface area contributed by atoms with E-state index in [0.29, 0.717) is 0 Å². The summed E-state index contributed by atoms with van der Waals surface area (Å²) in [6, 6.07) is 0. The van der Waals surface area contributed by atoms with Crippen LogP contribution in [0.5, 0.6) is 0 Å². The van der Waals surface area contributed by atoms with Gasteiger partial charge in [0.2, 0.25) is 0 Å². The molecule has 0 spiro atoms. The summed E-state index contributed by atoms with van der Waals surface area (Å²) in [7, 11) is 0. The standard InChI is InChI=1S/C8H15N.2C2H6/c1-6-2-7-4-9-5-8(7)3-6;2*1-2/h6-9H,2-5H2,1H3;2*1-2H3/t6?,7-,8?;;/m1../s1. The van der Waals surface area contributed by atoms with E-state index in [1.807, 2.05) is 27.7 Å². The van der Waals surface area contributed by atoms with Gasteiger partial charge in [-0.2, -0.15) is 0 Å². The monoisotopic (exact) mass is 185 g/mol. The Bertz CT molecular complexity index is 99.7. The largest absolute Gasteiger partial charge is 0.316 e. The number of fused-ring (bicyclic) bond motifs is 1. The average molecular weight is 185 g/mol. The zero-order valence-electron chi connectivity index (χ0n) is 10.1. The molecule has 2 unspecified atom stereocenters. The van der Waals surface area contributed by atoms with Crippen molar-refractivity contribution >= 4 is 0 Å².